The number of ether oxygens (including phenoxy) is 1. The van der Waals surface area contributed by atoms with Crippen LogP contribution in [-0.2, 0) is 21.8 Å². The molecule has 1 atom stereocenters. The molecule has 1 fully saturated rings. The Kier molecular flexibility index (Phi) is 3.98. The van der Waals surface area contributed by atoms with Crippen molar-refractivity contribution in [3.05, 3.63) is 42.1 Å². The fourth-order valence-electron chi connectivity index (χ4n) is 2.35. The number of hydrogen-bond acceptors (Lipinski definition) is 5. The number of nitrogens with zero attached hydrogens (tertiary/aromatic N) is 4. The van der Waals surface area contributed by atoms with Gasteiger partial charge in [0.05, 0.1) is 18.6 Å². The molecule has 22 heavy (non-hydrogen) atoms. The van der Waals surface area contributed by atoms with Crippen LogP contribution in [0.1, 0.15) is 17.4 Å². The summed E-state index contributed by atoms with van der Waals surface area (Å²) >= 11 is 0. The Morgan fingerprint density at radius 1 is 1.32 bits per heavy atom. The lowest BCUT2D eigenvalue weighted by atomic mass is 10.2. The molecule has 1 aliphatic rings. The summed E-state index contributed by atoms with van der Waals surface area (Å²) in [6.45, 7) is 2.86. The molecule has 7 nitrogen and oxygen atoms in total. The van der Waals surface area contributed by atoms with Gasteiger partial charge in [-0.05, 0) is 18.6 Å². The maximum atomic E-state index is 12.6. The van der Waals surface area contributed by atoms with Gasteiger partial charge in [-0.3, -0.25) is 4.98 Å². The Balaban J connectivity index is 1.82. The highest BCUT2D eigenvalue weighted by Gasteiger charge is 2.33. The fourth-order valence-corrected chi connectivity index (χ4v) is 3.74. The number of morpholine rings is 1. The van der Waals surface area contributed by atoms with Crippen LogP contribution in [0.5, 0.6) is 0 Å². The average Bonchev–Trinajstić information content (AvgIpc) is 2.95. The molecule has 1 aliphatic heterocycles. The Morgan fingerprint density at radius 2 is 2.14 bits per heavy atom. The van der Waals surface area contributed by atoms with Crippen molar-refractivity contribution < 1.29 is 13.2 Å². The number of aromatic nitrogens is 3. The van der Waals surface area contributed by atoms with Crippen LogP contribution >= 0.6 is 0 Å². The van der Waals surface area contributed by atoms with Crippen molar-refractivity contribution in [3.8, 4) is 0 Å². The number of sulfonamides is 1. The molecule has 2 aromatic heterocycles. The van der Waals surface area contributed by atoms with E-state index >= 15 is 0 Å². The average molecular weight is 322 g/mol. The molecule has 118 valence electrons. The maximum absolute atomic E-state index is 12.6. The van der Waals surface area contributed by atoms with Crippen LogP contribution in [0.3, 0.4) is 0 Å². The van der Waals surface area contributed by atoms with Crippen molar-refractivity contribution in [1.82, 2.24) is 18.8 Å². The summed E-state index contributed by atoms with van der Waals surface area (Å²) in [7, 11) is -1.86. The van der Waals surface area contributed by atoms with Gasteiger partial charge in [-0.25, -0.2) is 13.4 Å². The van der Waals surface area contributed by atoms with E-state index in [0.717, 1.165) is 11.3 Å². The maximum Gasteiger partial charge on any atom is 0.262 e. The van der Waals surface area contributed by atoms with E-state index in [1.165, 1.54) is 16.8 Å². The van der Waals surface area contributed by atoms with Crippen LogP contribution in [0.2, 0.25) is 0 Å². The van der Waals surface area contributed by atoms with E-state index in [-0.39, 0.29) is 17.7 Å². The van der Waals surface area contributed by atoms with Crippen LogP contribution in [0, 0.1) is 6.92 Å². The molecule has 0 spiro atoms. The summed E-state index contributed by atoms with van der Waals surface area (Å²) < 4.78 is 33.9. The Morgan fingerprint density at radius 3 is 2.77 bits per heavy atom. The van der Waals surface area contributed by atoms with Gasteiger partial charge in [0.1, 0.15) is 6.10 Å². The van der Waals surface area contributed by atoms with Crippen LogP contribution in [0.25, 0.3) is 0 Å². The van der Waals surface area contributed by atoms with Gasteiger partial charge in [0.25, 0.3) is 10.0 Å². The highest BCUT2D eigenvalue weighted by atomic mass is 32.2. The number of pyridine rings is 1. The van der Waals surface area contributed by atoms with E-state index < -0.39 is 10.0 Å². The Labute approximate surface area is 129 Å². The molecule has 0 amide bonds. The largest absolute Gasteiger partial charge is 0.369 e. The molecule has 8 heteroatoms. The predicted octanol–water partition coefficient (Wildman–Crippen LogP) is 0.886. The lowest BCUT2D eigenvalue weighted by Crippen LogP contribution is -2.42. The van der Waals surface area contributed by atoms with Crippen LogP contribution in [0.15, 0.2) is 35.9 Å². The summed E-state index contributed by atoms with van der Waals surface area (Å²) in [5.41, 5.74) is 1.80. The second kappa shape index (κ2) is 5.79. The van der Waals surface area contributed by atoms with Gasteiger partial charge in [-0.2, -0.15) is 4.31 Å². The number of imidazole rings is 1. The monoisotopic (exact) mass is 322 g/mol. The molecule has 0 saturated carbocycles. The molecule has 0 N–H and O–H groups in total. The zero-order valence-electron chi connectivity index (χ0n) is 12.5. The number of rotatable bonds is 3. The van der Waals surface area contributed by atoms with E-state index in [0.29, 0.717) is 13.2 Å². The normalized spacial score (nSPS) is 20.2. The van der Waals surface area contributed by atoms with Crippen LogP contribution < -0.4 is 0 Å². The van der Waals surface area contributed by atoms with E-state index in [1.807, 2.05) is 19.1 Å². The second-order valence-corrected chi connectivity index (χ2v) is 7.25. The van der Waals surface area contributed by atoms with Crippen LogP contribution in [0.4, 0.5) is 0 Å². The SMILES string of the molecule is Cc1ccc([C@@H]2CN(S(=O)(=O)c3cn(C)cn3)CCO2)nc1. The van der Waals surface area contributed by atoms with Gasteiger partial charge in [0.2, 0.25) is 0 Å². The molecule has 3 heterocycles. The molecule has 0 aliphatic carbocycles. The molecule has 0 unspecified atom stereocenters. The summed E-state index contributed by atoms with van der Waals surface area (Å²) in [6.07, 6.45) is 4.38. The summed E-state index contributed by atoms with van der Waals surface area (Å²) in [4.78, 5) is 8.28. The number of aryl methyl sites for hydroxylation is 2. The number of hydrogen-bond donors (Lipinski definition) is 0. The molecule has 0 bridgehead atoms. The minimum atomic E-state index is -3.60. The standard InChI is InChI=1S/C14H18N4O3S/c1-11-3-4-12(15-7-11)13-8-18(5-6-21-13)22(19,20)14-9-17(2)10-16-14/h3-4,7,9-10,13H,5-6,8H2,1-2H3/t13-/m0/s1. The molecular weight excluding hydrogens is 304 g/mol. The lowest BCUT2D eigenvalue weighted by Gasteiger charge is -2.31. The zero-order valence-corrected chi connectivity index (χ0v) is 13.3. The van der Waals surface area contributed by atoms with Gasteiger partial charge >= 0.3 is 0 Å². The van der Waals surface area contributed by atoms with E-state index in [9.17, 15) is 8.42 Å². The van der Waals surface area contributed by atoms with Gasteiger partial charge < -0.3 is 9.30 Å². The van der Waals surface area contributed by atoms with Crippen molar-refractivity contribution in [2.75, 3.05) is 19.7 Å². The summed E-state index contributed by atoms with van der Waals surface area (Å²) in [5.74, 6) is 0. The first kappa shape index (κ1) is 15.1. The quantitative estimate of drug-likeness (QED) is 0.838. The van der Waals surface area contributed by atoms with Crippen molar-refractivity contribution in [1.29, 1.82) is 0 Å². The van der Waals surface area contributed by atoms with Gasteiger partial charge in [-0.15, -0.1) is 0 Å². The van der Waals surface area contributed by atoms with Crippen molar-refractivity contribution in [2.24, 2.45) is 7.05 Å². The third-order valence-electron chi connectivity index (χ3n) is 3.58. The van der Waals surface area contributed by atoms with Crippen molar-refractivity contribution >= 4 is 10.0 Å². The van der Waals surface area contributed by atoms with Gasteiger partial charge in [-0.1, -0.05) is 6.07 Å². The lowest BCUT2D eigenvalue weighted by molar-refractivity contribution is -0.00500. The van der Waals surface area contributed by atoms with E-state index in [4.69, 9.17) is 4.74 Å². The van der Waals surface area contributed by atoms with E-state index in [2.05, 4.69) is 9.97 Å². The summed E-state index contributed by atoms with van der Waals surface area (Å²) in [6, 6.07) is 3.81. The Bertz CT molecular complexity index is 755. The molecule has 0 aromatic carbocycles. The van der Waals surface area contributed by atoms with Gasteiger partial charge in [0, 0.05) is 32.5 Å². The van der Waals surface area contributed by atoms with Crippen molar-refractivity contribution in [2.45, 2.75) is 18.1 Å². The highest BCUT2D eigenvalue weighted by Crippen LogP contribution is 2.24. The Hall–Kier alpha value is -1.77. The first-order valence-electron chi connectivity index (χ1n) is 6.99. The highest BCUT2D eigenvalue weighted by molar-refractivity contribution is 7.89. The third kappa shape index (κ3) is 2.90. The zero-order chi connectivity index (χ0) is 15.7. The molecule has 0 radical (unpaired) electrons. The minimum Gasteiger partial charge on any atom is -0.369 e. The predicted molar refractivity (Wildman–Crippen MR) is 79.6 cm³/mol. The summed E-state index contributed by atoms with van der Waals surface area (Å²) in [5, 5.41) is 0.0625. The molecule has 3 rings (SSSR count). The second-order valence-electron chi connectivity index (χ2n) is 5.36. The fraction of sp³-hybridized carbons (Fsp3) is 0.429. The molecule has 2 aromatic rings. The molecular formula is C14H18N4O3S. The van der Waals surface area contributed by atoms with Crippen molar-refractivity contribution in [3.63, 3.8) is 0 Å². The van der Waals surface area contributed by atoms with Crippen LogP contribution in [-0.4, -0.2) is 47.0 Å². The third-order valence-corrected chi connectivity index (χ3v) is 5.33. The van der Waals surface area contributed by atoms with Gasteiger partial charge in [0.15, 0.2) is 5.03 Å². The topological polar surface area (TPSA) is 77.3 Å². The minimum absolute atomic E-state index is 0.0625. The smallest absolute Gasteiger partial charge is 0.262 e. The first-order valence-corrected chi connectivity index (χ1v) is 8.43. The van der Waals surface area contributed by atoms with E-state index in [1.54, 1.807) is 17.8 Å². The molecule has 1 saturated heterocycles. The first-order chi connectivity index (χ1) is 10.5.